The fourth-order valence-corrected chi connectivity index (χ4v) is 1.93. The van der Waals surface area contributed by atoms with E-state index in [9.17, 15) is 18.1 Å². The predicted octanol–water partition coefficient (Wildman–Crippen LogP) is 3.98. The van der Waals surface area contributed by atoms with Crippen LogP contribution < -0.4 is 0 Å². The Bertz CT molecular complexity index is 624. The Balaban J connectivity index is 2.77. The van der Waals surface area contributed by atoms with Gasteiger partial charge in [0.25, 0.3) is 0 Å². The van der Waals surface area contributed by atoms with Gasteiger partial charge in [-0.25, -0.2) is 18.5 Å². The molecule has 0 aliphatic rings. The molecule has 2 nitrogen and oxygen atoms in total. The molecule has 0 radical (unpaired) electrons. The van der Waals surface area contributed by atoms with Crippen LogP contribution in [0.2, 0.25) is 0 Å². The van der Waals surface area contributed by atoms with Crippen molar-refractivity contribution in [3.63, 3.8) is 0 Å². The van der Waals surface area contributed by atoms with Gasteiger partial charge in [0.05, 0.1) is 5.56 Å². The molecule has 0 bridgehead atoms. The van der Waals surface area contributed by atoms with Crippen molar-refractivity contribution >= 4 is 5.97 Å². The summed E-state index contributed by atoms with van der Waals surface area (Å²) in [6.07, 6.45) is 0. The summed E-state index contributed by atoms with van der Waals surface area (Å²) in [4.78, 5) is 14.5. The van der Waals surface area contributed by atoms with Crippen LogP contribution in [0.4, 0.5) is 13.3 Å². The SMILES string of the molecule is Cc1c(F)c(F)cc(C(=O)OF)c1-c1ccccc1. The van der Waals surface area contributed by atoms with Gasteiger partial charge < -0.3 is 0 Å². The molecule has 0 aliphatic heterocycles. The molecule has 0 unspecified atom stereocenters. The van der Waals surface area contributed by atoms with E-state index in [0.29, 0.717) is 11.6 Å². The lowest BCUT2D eigenvalue weighted by atomic mass is 9.94. The van der Waals surface area contributed by atoms with Gasteiger partial charge in [0.1, 0.15) is 0 Å². The molecule has 0 atom stereocenters. The average molecular weight is 266 g/mol. The molecule has 0 fully saturated rings. The number of halogens is 3. The molecule has 0 N–H and O–H groups in total. The van der Waals surface area contributed by atoms with Crippen molar-refractivity contribution in [2.75, 3.05) is 0 Å². The van der Waals surface area contributed by atoms with Gasteiger partial charge in [0.2, 0.25) is 0 Å². The van der Waals surface area contributed by atoms with E-state index in [1.807, 2.05) is 0 Å². The number of hydrogen-bond acceptors (Lipinski definition) is 2. The van der Waals surface area contributed by atoms with E-state index >= 15 is 0 Å². The van der Waals surface area contributed by atoms with Gasteiger partial charge in [-0.15, -0.1) is 0 Å². The standard InChI is InChI=1S/C14H9F3O2/c1-8-12(9-5-3-2-4-6-9)10(14(18)19-17)7-11(15)13(8)16/h2-7H,1H3. The van der Waals surface area contributed by atoms with Gasteiger partial charge in [0.15, 0.2) is 11.6 Å². The molecule has 0 saturated carbocycles. The average Bonchev–Trinajstić information content (AvgIpc) is 2.44. The van der Waals surface area contributed by atoms with Crippen molar-refractivity contribution < 1.29 is 23.0 Å². The van der Waals surface area contributed by atoms with Crippen molar-refractivity contribution in [1.29, 1.82) is 0 Å². The van der Waals surface area contributed by atoms with E-state index < -0.39 is 17.6 Å². The first-order valence-electron chi connectivity index (χ1n) is 5.43. The summed E-state index contributed by atoms with van der Waals surface area (Å²) < 4.78 is 39.0. The summed E-state index contributed by atoms with van der Waals surface area (Å²) in [6, 6.07) is 8.91. The molecular weight excluding hydrogens is 257 g/mol. The zero-order valence-corrected chi connectivity index (χ0v) is 9.91. The molecule has 5 heteroatoms. The first-order valence-corrected chi connectivity index (χ1v) is 5.43. The lowest BCUT2D eigenvalue weighted by Crippen LogP contribution is -2.06. The second-order valence-corrected chi connectivity index (χ2v) is 3.95. The van der Waals surface area contributed by atoms with E-state index in [4.69, 9.17) is 0 Å². The number of benzene rings is 2. The lowest BCUT2D eigenvalue weighted by molar-refractivity contribution is -0.0787. The second-order valence-electron chi connectivity index (χ2n) is 3.95. The minimum absolute atomic E-state index is 0.0772. The topological polar surface area (TPSA) is 26.3 Å². The highest BCUT2D eigenvalue weighted by Crippen LogP contribution is 2.31. The summed E-state index contributed by atoms with van der Waals surface area (Å²) in [5.41, 5.74) is 0.151. The molecular formula is C14H9F3O2. The van der Waals surface area contributed by atoms with Crippen LogP contribution in [0.25, 0.3) is 11.1 Å². The van der Waals surface area contributed by atoms with E-state index in [-0.39, 0.29) is 16.7 Å². The highest BCUT2D eigenvalue weighted by molar-refractivity contribution is 5.98. The molecule has 0 aromatic heterocycles. The Hall–Kier alpha value is -2.30. The van der Waals surface area contributed by atoms with Crippen LogP contribution in [-0.4, -0.2) is 5.97 Å². The number of rotatable bonds is 2. The first kappa shape index (κ1) is 13.1. The molecule has 0 amide bonds. The summed E-state index contributed by atoms with van der Waals surface area (Å²) >= 11 is 0. The van der Waals surface area contributed by atoms with E-state index in [1.165, 1.54) is 6.92 Å². The summed E-state index contributed by atoms with van der Waals surface area (Å²) in [6.45, 7) is 1.32. The molecule has 2 aromatic carbocycles. The van der Waals surface area contributed by atoms with Crippen molar-refractivity contribution in [3.8, 4) is 11.1 Å². The van der Waals surface area contributed by atoms with Crippen molar-refractivity contribution in [2.45, 2.75) is 6.92 Å². The van der Waals surface area contributed by atoms with Crippen LogP contribution in [0.1, 0.15) is 15.9 Å². The molecule has 2 aromatic rings. The fraction of sp³-hybridized carbons (Fsp3) is 0.0714. The largest absolute Gasteiger partial charge is 0.380 e. The maximum atomic E-state index is 13.6. The molecule has 2 rings (SSSR count). The van der Waals surface area contributed by atoms with Gasteiger partial charge in [-0.1, -0.05) is 30.3 Å². The van der Waals surface area contributed by atoms with Crippen LogP contribution in [0.5, 0.6) is 0 Å². The smallest absolute Gasteiger partial charge is 0.249 e. The highest BCUT2D eigenvalue weighted by atomic mass is 19.3. The molecule has 0 heterocycles. The maximum Gasteiger partial charge on any atom is 0.380 e. The van der Waals surface area contributed by atoms with E-state index in [0.717, 1.165) is 0 Å². The van der Waals surface area contributed by atoms with Crippen LogP contribution in [0.3, 0.4) is 0 Å². The first-order chi connectivity index (χ1) is 9.06. The fourth-order valence-electron chi connectivity index (χ4n) is 1.93. The van der Waals surface area contributed by atoms with Gasteiger partial charge in [0, 0.05) is 10.1 Å². The maximum absolute atomic E-state index is 13.6. The Kier molecular flexibility index (Phi) is 3.55. The van der Waals surface area contributed by atoms with Crippen LogP contribution in [-0.2, 0) is 4.94 Å². The minimum atomic E-state index is -1.36. The molecule has 98 valence electrons. The predicted molar refractivity (Wildman–Crippen MR) is 63.1 cm³/mol. The third-order valence-electron chi connectivity index (χ3n) is 2.81. The Labute approximate surface area is 107 Å². The summed E-state index contributed by atoms with van der Waals surface area (Å²) in [5, 5.41) is 0. The molecule has 0 spiro atoms. The minimum Gasteiger partial charge on any atom is -0.249 e. The Morgan fingerprint density at radius 3 is 2.37 bits per heavy atom. The number of hydrogen-bond donors (Lipinski definition) is 0. The van der Waals surface area contributed by atoms with Crippen LogP contribution in [0, 0.1) is 18.6 Å². The lowest BCUT2D eigenvalue weighted by Gasteiger charge is -2.12. The summed E-state index contributed by atoms with van der Waals surface area (Å²) in [5.74, 6) is -3.66. The Morgan fingerprint density at radius 2 is 1.79 bits per heavy atom. The van der Waals surface area contributed by atoms with Crippen molar-refractivity contribution in [2.24, 2.45) is 0 Å². The quantitative estimate of drug-likeness (QED) is 0.821. The monoisotopic (exact) mass is 266 g/mol. The normalized spacial score (nSPS) is 10.3. The third-order valence-corrected chi connectivity index (χ3v) is 2.81. The van der Waals surface area contributed by atoms with Crippen molar-refractivity contribution in [1.82, 2.24) is 0 Å². The van der Waals surface area contributed by atoms with Gasteiger partial charge >= 0.3 is 5.97 Å². The number of carbonyl (C=O) groups excluding carboxylic acids is 1. The summed E-state index contributed by atoms with van der Waals surface area (Å²) in [7, 11) is 0. The van der Waals surface area contributed by atoms with Gasteiger partial charge in [-0.05, 0) is 24.1 Å². The zero-order valence-electron chi connectivity index (χ0n) is 9.91. The van der Waals surface area contributed by atoms with Gasteiger partial charge in [-0.2, -0.15) is 0 Å². The Morgan fingerprint density at radius 1 is 1.16 bits per heavy atom. The van der Waals surface area contributed by atoms with Gasteiger partial charge in [-0.3, -0.25) is 0 Å². The molecule has 19 heavy (non-hydrogen) atoms. The van der Waals surface area contributed by atoms with E-state index in [2.05, 4.69) is 4.94 Å². The number of carbonyl (C=O) groups is 1. The third kappa shape index (κ3) is 2.31. The van der Waals surface area contributed by atoms with Crippen molar-refractivity contribution in [3.05, 3.63) is 59.2 Å². The second kappa shape index (κ2) is 5.14. The molecule has 0 aliphatic carbocycles. The highest BCUT2D eigenvalue weighted by Gasteiger charge is 2.22. The van der Waals surface area contributed by atoms with Crippen LogP contribution in [0.15, 0.2) is 36.4 Å². The molecule has 0 saturated heterocycles. The zero-order chi connectivity index (χ0) is 14.0. The van der Waals surface area contributed by atoms with E-state index in [1.54, 1.807) is 30.3 Å². The van der Waals surface area contributed by atoms with Crippen LogP contribution >= 0.6 is 0 Å².